The predicted octanol–water partition coefficient (Wildman–Crippen LogP) is 7.35. The van der Waals surface area contributed by atoms with Gasteiger partial charge in [0, 0.05) is 30.5 Å². The SMILES string of the molecule is CC1CC(C)CN(c2ccc(N3C(=S)NC(c4ccccn4)C3c3ccc(-c4cccc(C(=O)O)c4)o3)cc2Cl)C1. The van der Waals surface area contributed by atoms with E-state index in [0.29, 0.717) is 39.1 Å². The van der Waals surface area contributed by atoms with E-state index in [1.165, 1.54) is 6.42 Å². The Morgan fingerprint density at radius 2 is 1.85 bits per heavy atom. The van der Waals surface area contributed by atoms with Gasteiger partial charge in [-0.3, -0.25) is 4.98 Å². The average molecular weight is 587 g/mol. The summed E-state index contributed by atoms with van der Waals surface area (Å²) in [5.41, 5.74) is 3.59. The summed E-state index contributed by atoms with van der Waals surface area (Å²) in [6.45, 7) is 6.54. The number of nitrogens with zero attached hydrogens (tertiary/aromatic N) is 3. The summed E-state index contributed by atoms with van der Waals surface area (Å²) in [6, 6.07) is 21.8. The highest BCUT2D eigenvalue weighted by molar-refractivity contribution is 7.80. The Morgan fingerprint density at radius 3 is 2.56 bits per heavy atom. The number of thiocarbonyl (C=S) groups is 1. The third kappa shape index (κ3) is 5.42. The predicted molar refractivity (Wildman–Crippen MR) is 166 cm³/mol. The van der Waals surface area contributed by atoms with Gasteiger partial charge < -0.3 is 24.6 Å². The van der Waals surface area contributed by atoms with Crippen LogP contribution >= 0.6 is 23.8 Å². The first-order valence-electron chi connectivity index (χ1n) is 13.8. The number of aromatic carboxylic acids is 1. The van der Waals surface area contributed by atoms with Crippen LogP contribution in [0.3, 0.4) is 0 Å². The minimum atomic E-state index is -0.987. The Hall–Kier alpha value is -3.88. The second kappa shape index (κ2) is 11.2. The van der Waals surface area contributed by atoms with E-state index in [0.717, 1.165) is 30.2 Å². The topological polar surface area (TPSA) is 81.8 Å². The summed E-state index contributed by atoms with van der Waals surface area (Å²) in [7, 11) is 0. The highest BCUT2D eigenvalue weighted by Gasteiger charge is 2.43. The van der Waals surface area contributed by atoms with E-state index < -0.39 is 5.97 Å². The van der Waals surface area contributed by atoms with Gasteiger partial charge in [-0.2, -0.15) is 0 Å². The molecule has 9 heteroatoms. The van der Waals surface area contributed by atoms with Crippen molar-refractivity contribution in [1.82, 2.24) is 10.3 Å². The van der Waals surface area contributed by atoms with Crippen LogP contribution in [0.1, 0.15) is 54.2 Å². The molecular formula is C32H31ClN4O3S. The number of hydrogen-bond acceptors (Lipinski definition) is 5. The van der Waals surface area contributed by atoms with Crippen LogP contribution in [-0.4, -0.2) is 34.3 Å². The van der Waals surface area contributed by atoms with Crippen LogP contribution in [0.15, 0.2) is 83.4 Å². The van der Waals surface area contributed by atoms with Crippen LogP contribution in [0.5, 0.6) is 0 Å². The molecule has 41 heavy (non-hydrogen) atoms. The van der Waals surface area contributed by atoms with Gasteiger partial charge in [0.15, 0.2) is 5.11 Å². The van der Waals surface area contributed by atoms with Crippen LogP contribution in [0.4, 0.5) is 11.4 Å². The number of rotatable bonds is 6. The standard InChI is InChI=1S/C32H31ClN4O3S/c1-19-14-20(2)18-36(17-19)26-10-9-23(16-24(26)33)37-30(29(35-32(37)41)25-8-3-4-13-34-25)28-12-11-27(40-28)21-6-5-7-22(15-21)31(38)39/h3-13,15-16,19-20,29-30H,14,17-18H2,1-2H3,(H,35,41)(H,38,39). The van der Waals surface area contributed by atoms with Crippen LogP contribution < -0.4 is 15.1 Å². The van der Waals surface area contributed by atoms with Gasteiger partial charge in [-0.15, -0.1) is 0 Å². The molecular weight excluding hydrogens is 556 g/mol. The molecule has 210 valence electrons. The number of aromatic nitrogens is 1. The lowest BCUT2D eigenvalue weighted by Gasteiger charge is -2.37. The molecule has 0 spiro atoms. The Bertz CT molecular complexity index is 1580. The van der Waals surface area contributed by atoms with E-state index in [2.05, 4.69) is 41.2 Å². The van der Waals surface area contributed by atoms with Crippen molar-refractivity contribution in [2.75, 3.05) is 22.9 Å². The third-order valence-corrected chi connectivity index (χ3v) is 8.45. The van der Waals surface area contributed by atoms with Crippen LogP contribution in [0.25, 0.3) is 11.3 Å². The molecule has 6 rings (SSSR count). The minimum Gasteiger partial charge on any atom is -0.478 e. The number of hydrogen-bond donors (Lipinski definition) is 2. The van der Waals surface area contributed by atoms with Crippen molar-refractivity contribution >= 4 is 46.3 Å². The largest absolute Gasteiger partial charge is 0.478 e. The smallest absolute Gasteiger partial charge is 0.335 e. The molecule has 7 nitrogen and oxygen atoms in total. The molecule has 0 aliphatic carbocycles. The number of piperidine rings is 1. The van der Waals surface area contributed by atoms with E-state index in [9.17, 15) is 9.90 Å². The van der Waals surface area contributed by atoms with E-state index in [4.69, 9.17) is 28.2 Å². The summed E-state index contributed by atoms with van der Waals surface area (Å²) in [5, 5.41) is 14.1. The Morgan fingerprint density at radius 1 is 1.05 bits per heavy atom. The quantitative estimate of drug-likeness (QED) is 0.227. The molecule has 0 saturated carbocycles. The monoisotopic (exact) mass is 586 g/mol. The number of anilines is 2. The Balaban J connectivity index is 1.38. The van der Waals surface area contributed by atoms with Gasteiger partial charge in [0.05, 0.1) is 28.0 Å². The van der Waals surface area contributed by atoms with E-state index >= 15 is 0 Å². The lowest BCUT2D eigenvalue weighted by molar-refractivity contribution is 0.0697. The Kier molecular flexibility index (Phi) is 7.45. The molecule has 2 saturated heterocycles. The first-order valence-corrected chi connectivity index (χ1v) is 14.6. The van der Waals surface area contributed by atoms with Crippen molar-refractivity contribution in [3.05, 3.63) is 101 Å². The summed E-state index contributed by atoms with van der Waals surface area (Å²) in [4.78, 5) is 20.6. The zero-order chi connectivity index (χ0) is 28.7. The van der Waals surface area contributed by atoms with Crippen LogP contribution in [0, 0.1) is 11.8 Å². The first-order chi connectivity index (χ1) is 19.8. The zero-order valence-corrected chi connectivity index (χ0v) is 24.4. The van der Waals surface area contributed by atoms with Gasteiger partial charge in [0.2, 0.25) is 0 Å². The first kappa shape index (κ1) is 27.3. The fourth-order valence-corrected chi connectivity index (χ4v) is 6.80. The summed E-state index contributed by atoms with van der Waals surface area (Å²) in [5.74, 6) is 1.47. The van der Waals surface area contributed by atoms with E-state index in [-0.39, 0.29) is 17.6 Å². The molecule has 2 N–H and O–H groups in total. The molecule has 4 aromatic rings. The molecule has 2 aliphatic rings. The molecule has 0 amide bonds. The zero-order valence-electron chi connectivity index (χ0n) is 22.8. The molecule has 4 unspecified atom stereocenters. The van der Waals surface area contributed by atoms with Crippen LogP contribution in [-0.2, 0) is 0 Å². The number of carbonyl (C=O) groups is 1. The van der Waals surface area contributed by atoms with Gasteiger partial charge in [-0.1, -0.05) is 43.6 Å². The molecule has 4 atom stereocenters. The molecule has 2 aliphatic heterocycles. The summed E-state index contributed by atoms with van der Waals surface area (Å²) >= 11 is 12.8. The number of carboxylic acid groups (broad SMARTS) is 1. The molecule has 2 aromatic heterocycles. The summed E-state index contributed by atoms with van der Waals surface area (Å²) in [6.07, 6.45) is 2.99. The fraction of sp³-hybridized carbons (Fsp3) is 0.281. The maximum atomic E-state index is 11.5. The number of carboxylic acids is 1. The van der Waals surface area contributed by atoms with Crippen molar-refractivity contribution in [1.29, 1.82) is 0 Å². The number of halogens is 1. The normalized spacial score (nSPS) is 22.6. The Labute approximate surface area is 249 Å². The van der Waals surface area contributed by atoms with Gasteiger partial charge in [-0.05, 0) is 85.1 Å². The van der Waals surface area contributed by atoms with Gasteiger partial charge in [-0.25, -0.2) is 4.79 Å². The molecule has 2 aromatic carbocycles. The van der Waals surface area contributed by atoms with Crippen molar-refractivity contribution in [2.45, 2.75) is 32.4 Å². The highest BCUT2D eigenvalue weighted by atomic mass is 35.5. The lowest BCUT2D eigenvalue weighted by atomic mass is 9.91. The highest BCUT2D eigenvalue weighted by Crippen LogP contribution is 2.44. The molecule has 0 bridgehead atoms. The second-order valence-corrected chi connectivity index (χ2v) is 11.9. The van der Waals surface area contributed by atoms with Crippen molar-refractivity contribution < 1.29 is 14.3 Å². The third-order valence-electron chi connectivity index (χ3n) is 7.83. The van der Waals surface area contributed by atoms with Gasteiger partial charge in [0.25, 0.3) is 0 Å². The van der Waals surface area contributed by atoms with E-state index in [1.54, 1.807) is 24.4 Å². The van der Waals surface area contributed by atoms with Gasteiger partial charge in [0.1, 0.15) is 17.6 Å². The van der Waals surface area contributed by atoms with Gasteiger partial charge >= 0.3 is 5.97 Å². The number of furan rings is 1. The van der Waals surface area contributed by atoms with Crippen molar-refractivity contribution in [2.24, 2.45) is 11.8 Å². The minimum absolute atomic E-state index is 0.198. The van der Waals surface area contributed by atoms with Crippen LogP contribution in [0.2, 0.25) is 5.02 Å². The van der Waals surface area contributed by atoms with Crippen molar-refractivity contribution in [3.63, 3.8) is 0 Å². The van der Waals surface area contributed by atoms with E-state index in [1.807, 2.05) is 47.4 Å². The summed E-state index contributed by atoms with van der Waals surface area (Å²) < 4.78 is 6.41. The molecule has 2 fully saturated rings. The van der Waals surface area contributed by atoms with Crippen molar-refractivity contribution in [3.8, 4) is 11.3 Å². The fourth-order valence-electron chi connectivity index (χ4n) is 6.16. The number of benzene rings is 2. The average Bonchev–Trinajstić information content (AvgIpc) is 3.57. The maximum Gasteiger partial charge on any atom is 0.335 e. The lowest BCUT2D eigenvalue weighted by Crippen LogP contribution is -2.38. The second-order valence-electron chi connectivity index (χ2n) is 11.1. The number of nitrogens with one attached hydrogen (secondary N) is 1. The maximum absolute atomic E-state index is 11.5. The number of pyridine rings is 1. The molecule has 0 radical (unpaired) electrons. The molecule has 4 heterocycles.